The molecule has 2 rings (SSSR count). The van der Waals surface area contributed by atoms with Gasteiger partial charge in [0.2, 0.25) is 0 Å². The summed E-state index contributed by atoms with van der Waals surface area (Å²) >= 11 is 0. The molecule has 110 valence electrons. The minimum Gasteiger partial charge on any atom is -0.313 e. The summed E-state index contributed by atoms with van der Waals surface area (Å²) in [7, 11) is 0. The molecular weight excluding hydrogens is 271 g/mol. The summed E-state index contributed by atoms with van der Waals surface area (Å²) in [5.74, 6) is -0.369. The van der Waals surface area contributed by atoms with Gasteiger partial charge in [-0.05, 0) is 30.2 Å². The highest BCUT2D eigenvalue weighted by Gasteiger charge is 2.10. The lowest BCUT2D eigenvalue weighted by molar-refractivity contribution is -0.384. The van der Waals surface area contributed by atoms with Crippen LogP contribution in [0.5, 0.6) is 0 Å². The van der Waals surface area contributed by atoms with Gasteiger partial charge in [-0.1, -0.05) is 31.2 Å². The summed E-state index contributed by atoms with van der Waals surface area (Å²) in [6.07, 6.45) is 1.02. The molecule has 5 heteroatoms. The van der Waals surface area contributed by atoms with Crippen molar-refractivity contribution in [2.75, 3.05) is 6.54 Å². The molecule has 2 aromatic carbocycles. The van der Waals surface area contributed by atoms with Gasteiger partial charge in [-0.25, -0.2) is 4.39 Å². The van der Waals surface area contributed by atoms with E-state index in [9.17, 15) is 14.5 Å². The summed E-state index contributed by atoms with van der Waals surface area (Å²) in [6, 6.07) is 11.0. The topological polar surface area (TPSA) is 55.2 Å². The van der Waals surface area contributed by atoms with Crippen LogP contribution < -0.4 is 5.32 Å². The fourth-order valence-electron chi connectivity index (χ4n) is 2.10. The van der Waals surface area contributed by atoms with Gasteiger partial charge in [-0.15, -0.1) is 0 Å². The molecule has 0 fully saturated rings. The molecule has 0 atom stereocenters. The summed E-state index contributed by atoms with van der Waals surface area (Å²) < 4.78 is 14.2. The van der Waals surface area contributed by atoms with Gasteiger partial charge in [0.25, 0.3) is 5.69 Å². The van der Waals surface area contributed by atoms with E-state index in [-0.39, 0.29) is 11.5 Å². The number of nitro groups is 1. The van der Waals surface area contributed by atoms with Crippen LogP contribution in [0.3, 0.4) is 0 Å². The van der Waals surface area contributed by atoms with Crippen molar-refractivity contribution >= 4 is 5.69 Å². The Balaban J connectivity index is 2.24. The van der Waals surface area contributed by atoms with Gasteiger partial charge in [-0.3, -0.25) is 10.1 Å². The largest absolute Gasteiger partial charge is 0.313 e. The van der Waals surface area contributed by atoms with Gasteiger partial charge in [0, 0.05) is 24.2 Å². The van der Waals surface area contributed by atoms with Gasteiger partial charge >= 0.3 is 0 Å². The molecule has 0 saturated heterocycles. The van der Waals surface area contributed by atoms with E-state index in [1.54, 1.807) is 18.2 Å². The number of nitro benzene ring substituents is 1. The lowest BCUT2D eigenvalue weighted by Gasteiger charge is -2.07. The summed E-state index contributed by atoms with van der Waals surface area (Å²) in [5, 5.41) is 14.0. The van der Waals surface area contributed by atoms with E-state index in [1.807, 2.05) is 6.07 Å². The fraction of sp³-hybridized carbons (Fsp3) is 0.250. The number of nitrogens with zero attached hydrogens (tertiary/aromatic N) is 1. The van der Waals surface area contributed by atoms with E-state index in [4.69, 9.17) is 0 Å². The Hall–Kier alpha value is -2.27. The minimum absolute atomic E-state index is 0.0411. The highest BCUT2D eigenvalue weighted by molar-refractivity contribution is 5.67. The molecule has 0 radical (unpaired) electrons. The first kappa shape index (κ1) is 15.1. The lowest BCUT2D eigenvalue weighted by atomic mass is 10.0. The van der Waals surface area contributed by atoms with Gasteiger partial charge in [0.15, 0.2) is 0 Å². The maximum absolute atomic E-state index is 14.2. The van der Waals surface area contributed by atoms with Crippen LogP contribution in [0.1, 0.15) is 18.9 Å². The van der Waals surface area contributed by atoms with E-state index < -0.39 is 4.92 Å². The zero-order chi connectivity index (χ0) is 15.2. The Morgan fingerprint density at radius 1 is 1.24 bits per heavy atom. The number of nitrogens with one attached hydrogen (secondary N) is 1. The molecule has 0 aliphatic rings. The normalized spacial score (nSPS) is 10.6. The molecule has 0 unspecified atom stereocenters. The molecule has 0 spiro atoms. The Kier molecular flexibility index (Phi) is 5.00. The van der Waals surface area contributed by atoms with Crippen LogP contribution in [-0.4, -0.2) is 11.5 Å². The van der Waals surface area contributed by atoms with Crippen molar-refractivity contribution in [3.8, 4) is 11.1 Å². The van der Waals surface area contributed by atoms with Crippen LogP contribution in [0.15, 0.2) is 42.5 Å². The molecule has 0 saturated carbocycles. The van der Waals surface area contributed by atoms with E-state index in [0.717, 1.165) is 18.5 Å². The van der Waals surface area contributed by atoms with Gasteiger partial charge < -0.3 is 5.32 Å². The fourth-order valence-corrected chi connectivity index (χ4v) is 2.10. The standard InChI is InChI=1S/C16H17FN2O2/c1-2-8-18-11-12-6-7-15(16(17)9-12)13-4-3-5-14(10-13)19(20)21/h3-7,9-10,18H,2,8,11H2,1H3. The first-order valence-corrected chi connectivity index (χ1v) is 6.85. The van der Waals surface area contributed by atoms with E-state index in [2.05, 4.69) is 12.2 Å². The number of non-ortho nitro benzene ring substituents is 1. The molecule has 0 aromatic heterocycles. The highest BCUT2D eigenvalue weighted by atomic mass is 19.1. The predicted octanol–water partition coefficient (Wildman–Crippen LogP) is 3.90. The van der Waals surface area contributed by atoms with Crippen molar-refractivity contribution in [2.24, 2.45) is 0 Å². The maximum Gasteiger partial charge on any atom is 0.270 e. The highest BCUT2D eigenvalue weighted by Crippen LogP contribution is 2.26. The molecule has 0 heterocycles. The average Bonchev–Trinajstić information content (AvgIpc) is 2.48. The smallest absolute Gasteiger partial charge is 0.270 e. The molecule has 0 bridgehead atoms. The van der Waals surface area contributed by atoms with Crippen LogP contribution in [0, 0.1) is 15.9 Å². The van der Waals surface area contributed by atoms with Crippen LogP contribution in [0.4, 0.5) is 10.1 Å². The molecule has 0 aliphatic carbocycles. The van der Waals surface area contributed by atoms with Crippen molar-refractivity contribution in [3.63, 3.8) is 0 Å². The Morgan fingerprint density at radius 3 is 2.71 bits per heavy atom. The second kappa shape index (κ2) is 6.95. The molecule has 4 nitrogen and oxygen atoms in total. The quantitative estimate of drug-likeness (QED) is 0.498. The van der Waals surface area contributed by atoms with Crippen molar-refractivity contribution < 1.29 is 9.31 Å². The van der Waals surface area contributed by atoms with Crippen molar-refractivity contribution in [1.29, 1.82) is 0 Å². The number of benzene rings is 2. The lowest BCUT2D eigenvalue weighted by Crippen LogP contribution is -2.13. The molecule has 2 aromatic rings. The third kappa shape index (κ3) is 3.86. The van der Waals surface area contributed by atoms with E-state index in [0.29, 0.717) is 17.7 Å². The minimum atomic E-state index is -0.482. The van der Waals surface area contributed by atoms with Crippen molar-refractivity contribution in [3.05, 3.63) is 64.0 Å². The van der Waals surface area contributed by atoms with Crippen LogP contribution >= 0.6 is 0 Å². The SMILES string of the molecule is CCCNCc1ccc(-c2cccc([N+](=O)[O-])c2)c(F)c1. The van der Waals surface area contributed by atoms with Gasteiger partial charge in [-0.2, -0.15) is 0 Å². The molecule has 1 N–H and O–H groups in total. The van der Waals surface area contributed by atoms with E-state index in [1.165, 1.54) is 18.2 Å². The zero-order valence-electron chi connectivity index (χ0n) is 11.8. The third-order valence-corrected chi connectivity index (χ3v) is 3.16. The van der Waals surface area contributed by atoms with Crippen molar-refractivity contribution in [1.82, 2.24) is 5.32 Å². The van der Waals surface area contributed by atoms with Crippen molar-refractivity contribution in [2.45, 2.75) is 19.9 Å². The number of halogens is 1. The zero-order valence-corrected chi connectivity index (χ0v) is 11.8. The number of hydrogen-bond donors (Lipinski definition) is 1. The first-order chi connectivity index (χ1) is 10.1. The second-order valence-electron chi connectivity index (χ2n) is 4.80. The summed E-state index contributed by atoms with van der Waals surface area (Å²) in [5.41, 5.74) is 1.70. The second-order valence-corrected chi connectivity index (χ2v) is 4.80. The first-order valence-electron chi connectivity index (χ1n) is 6.85. The summed E-state index contributed by atoms with van der Waals surface area (Å²) in [4.78, 5) is 10.3. The number of rotatable bonds is 6. The van der Waals surface area contributed by atoms with Gasteiger partial charge in [0.05, 0.1) is 4.92 Å². The van der Waals surface area contributed by atoms with Crippen LogP contribution in [0.2, 0.25) is 0 Å². The Bertz CT molecular complexity index is 644. The predicted molar refractivity (Wildman–Crippen MR) is 80.5 cm³/mol. The maximum atomic E-state index is 14.2. The van der Waals surface area contributed by atoms with Crippen LogP contribution in [0.25, 0.3) is 11.1 Å². The Morgan fingerprint density at radius 2 is 2.05 bits per heavy atom. The molecular formula is C16H17FN2O2. The Labute approximate surface area is 122 Å². The molecule has 0 aliphatic heterocycles. The van der Waals surface area contributed by atoms with Gasteiger partial charge in [0.1, 0.15) is 5.82 Å². The molecule has 0 amide bonds. The third-order valence-electron chi connectivity index (χ3n) is 3.16. The monoisotopic (exact) mass is 288 g/mol. The molecule has 21 heavy (non-hydrogen) atoms. The summed E-state index contributed by atoms with van der Waals surface area (Å²) in [6.45, 7) is 3.56. The van der Waals surface area contributed by atoms with E-state index >= 15 is 0 Å². The number of hydrogen-bond acceptors (Lipinski definition) is 3. The average molecular weight is 288 g/mol. The van der Waals surface area contributed by atoms with Crippen LogP contribution in [-0.2, 0) is 6.54 Å².